The summed E-state index contributed by atoms with van der Waals surface area (Å²) in [6, 6.07) is 15.5. The Morgan fingerprint density at radius 1 is 1.10 bits per heavy atom. The predicted molar refractivity (Wildman–Crippen MR) is 113 cm³/mol. The molecule has 0 saturated heterocycles. The van der Waals surface area contributed by atoms with Crippen molar-refractivity contribution >= 4 is 39.8 Å². The fraction of sp³-hybridized carbons (Fsp3) is 0.0556. The van der Waals surface area contributed by atoms with Crippen LogP contribution >= 0.6 is 23.1 Å². The van der Waals surface area contributed by atoms with Crippen molar-refractivity contribution in [3.63, 3.8) is 0 Å². The number of thioether (sulfide) groups is 1. The zero-order chi connectivity index (χ0) is 20.9. The molecular formula is C18H13N7O3S2. The SMILES string of the molecule is O=C(CSc1n[nH]c(-c2ccccc2)n1)Nc1nnc(-c2ccc([N+](=O)[O-])cc2)s1. The standard InChI is InChI=1S/C18H13N7O3S2/c26-14(10-29-17-20-15(21-23-17)11-4-2-1-3-5-11)19-18-24-22-16(30-18)12-6-8-13(9-7-12)25(27)28/h1-9H,10H2,(H,19,24,26)(H,20,21,23). The Morgan fingerprint density at radius 3 is 2.60 bits per heavy atom. The van der Waals surface area contributed by atoms with Crippen LogP contribution in [0.1, 0.15) is 0 Å². The normalized spacial score (nSPS) is 10.7. The molecule has 0 aliphatic carbocycles. The third-order valence-corrected chi connectivity index (χ3v) is 5.58. The number of aromatic nitrogens is 5. The van der Waals surface area contributed by atoms with Crippen LogP contribution in [0, 0.1) is 10.1 Å². The summed E-state index contributed by atoms with van der Waals surface area (Å²) in [6.45, 7) is 0. The molecular weight excluding hydrogens is 426 g/mol. The quantitative estimate of drug-likeness (QED) is 0.253. The highest BCUT2D eigenvalue weighted by Gasteiger charge is 2.13. The van der Waals surface area contributed by atoms with Gasteiger partial charge in [-0.25, -0.2) is 4.98 Å². The first-order valence-electron chi connectivity index (χ1n) is 8.57. The number of anilines is 1. The maximum atomic E-state index is 12.2. The lowest BCUT2D eigenvalue weighted by Crippen LogP contribution is -2.13. The molecule has 2 N–H and O–H groups in total. The molecule has 30 heavy (non-hydrogen) atoms. The average Bonchev–Trinajstić information content (AvgIpc) is 3.43. The number of nitro benzene ring substituents is 1. The van der Waals surface area contributed by atoms with Crippen molar-refractivity contribution in [1.82, 2.24) is 25.4 Å². The van der Waals surface area contributed by atoms with E-state index in [4.69, 9.17) is 0 Å². The van der Waals surface area contributed by atoms with Crippen LogP contribution in [0.2, 0.25) is 0 Å². The molecule has 0 spiro atoms. The second kappa shape index (κ2) is 8.80. The molecule has 0 atom stereocenters. The molecule has 0 saturated carbocycles. The van der Waals surface area contributed by atoms with Crippen LogP contribution in [0.4, 0.5) is 10.8 Å². The molecule has 0 aliphatic rings. The topological polar surface area (TPSA) is 140 Å². The lowest BCUT2D eigenvalue weighted by Gasteiger charge is -1.98. The molecule has 2 aromatic heterocycles. The number of amides is 1. The highest BCUT2D eigenvalue weighted by atomic mass is 32.2. The fourth-order valence-corrected chi connectivity index (χ4v) is 3.80. The second-order valence-corrected chi connectivity index (χ2v) is 7.81. The van der Waals surface area contributed by atoms with Crippen molar-refractivity contribution in [2.75, 3.05) is 11.1 Å². The van der Waals surface area contributed by atoms with Crippen LogP contribution in [0.5, 0.6) is 0 Å². The van der Waals surface area contributed by atoms with Crippen molar-refractivity contribution < 1.29 is 9.72 Å². The van der Waals surface area contributed by atoms with Gasteiger partial charge in [0, 0.05) is 23.3 Å². The van der Waals surface area contributed by atoms with Gasteiger partial charge in [-0.1, -0.05) is 53.4 Å². The molecule has 0 bridgehead atoms. The van der Waals surface area contributed by atoms with Crippen LogP contribution in [0.25, 0.3) is 22.0 Å². The number of nitrogens with one attached hydrogen (secondary N) is 2. The lowest BCUT2D eigenvalue weighted by atomic mass is 10.2. The van der Waals surface area contributed by atoms with E-state index in [-0.39, 0.29) is 17.3 Å². The maximum Gasteiger partial charge on any atom is 0.269 e. The molecule has 150 valence electrons. The Balaban J connectivity index is 1.33. The second-order valence-electron chi connectivity index (χ2n) is 5.89. The Kier molecular flexibility index (Phi) is 5.77. The number of aromatic amines is 1. The van der Waals surface area contributed by atoms with Gasteiger partial charge in [0.1, 0.15) is 5.01 Å². The summed E-state index contributed by atoms with van der Waals surface area (Å²) in [5, 5.41) is 29.7. The van der Waals surface area contributed by atoms with Gasteiger partial charge in [0.2, 0.25) is 16.2 Å². The van der Waals surface area contributed by atoms with E-state index >= 15 is 0 Å². The monoisotopic (exact) mass is 439 g/mol. The predicted octanol–water partition coefficient (Wildman–Crippen LogP) is 3.63. The highest BCUT2D eigenvalue weighted by molar-refractivity contribution is 7.99. The van der Waals surface area contributed by atoms with Crippen LogP contribution in [0.3, 0.4) is 0 Å². The molecule has 0 fully saturated rings. The molecule has 10 nitrogen and oxygen atoms in total. The zero-order valence-corrected chi connectivity index (χ0v) is 16.8. The average molecular weight is 439 g/mol. The lowest BCUT2D eigenvalue weighted by molar-refractivity contribution is -0.384. The van der Waals surface area contributed by atoms with Gasteiger partial charge in [0.05, 0.1) is 10.7 Å². The minimum atomic E-state index is -0.468. The number of benzene rings is 2. The van der Waals surface area contributed by atoms with Crippen LogP contribution in [-0.4, -0.2) is 42.0 Å². The van der Waals surface area contributed by atoms with Crippen molar-refractivity contribution in [2.45, 2.75) is 5.16 Å². The molecule has 4 rings (SSSR count). The first-order chi connectivity index (χ1) is 14.6. The Morgan fingerprint density at radius 2 is 1.87 bits per heavy atom. The van der Waals surface area contributed by atoms with Crippen molar-refractivity contribution in [3.05, 3.63) is 64.7 Å². The summed E-state index contributed by atoms with van der Waals surface area (Å²) in [4.78, 5) is 26.8. The van der Waals surface area contributed by atoms with Gasteiger partial charge in [0.15, 0.2) is 5.82 Å². The number of hydrogen-bond acceptors (Lipinski definition) is 9. The Labute approximate surface area is 177 Å². The van der Waals surface area contributed by atoms with E-state index < -0.39 is 4.92 Å². The summed E-state index contributed by atoms with van der Waals surface area (Å²) in [6.07, 6.45) is 0. The molecule has 2 aromatic carbocycles. The van der Waals surface area contributed by atoms with Gasteiger partial charge >= 0.3 is 0 Å². The fourth-order valence-electron chi connectivity index (χ4n) is 2.44. The molecule has 1 amide bonds. The number of rotatable bonds is 7. The minimum Gasteiger partial charge on any atom is -0.300 e. The molecule has 12 heteroatoms. The van der Waals surface area contributed by atoms with Gasteiger partial charge in [0.25, 0.3) is 5.69 Å². The number of H-pyrrole nitrogens is 1. The van der Waals surface area contributed by atoms with E-state index in [1.165, 1.54) is 35.2 Å². The highest BCUT2D eigenvalue weighted by Crippen LogP contribution is 2.28. The van der Waals surface area contributed by atoms with E-state index in [2.05, 4.69) is 30.7 Å². The van der Waals surface area contributed by atoms with E-state index in [1.807, 2.05) is 30.3 Å². The Bertz CT molecular complexity index is 1180. The third kappa shape index (κ3) is 4.67. The number of nitro groups is 1. The van der Waals surface area contributed by atoms with Crippen molar-refractivity contribution in [3.8, 4) is 22.0 Å². The summed E-state index contributed by atoms with van der Waals surface area (Å²) in [5.41, 5.74) is 1.59. The summed E-state index contributed by atoms with van der Waals surface area (Å²) < 4.78 is 0. The summed E-state index contributed by atoms with van der Waals surface area (Å²) in [7, 11) is 0. The minimum absolute atomic E-state index is 0.00351. The van der Waals surface area contributed by atoms with E-state index in [9.17, 15) is 14.9 Å². The summed E-state index contributed by atoms with van der Waals surface area (Å²) in [5.74, 6) is 0.478. The van der Waals surface area contributed by atoms with E-state index in [0.717, 1.165) is 5.56 Å². The number of carbonyl (C=O) groups is 1. The molecule has 0 radical (unpaired) electrons. The van der Waals surface area contributed by atoms with Gasteiger partial charge in [-0.3, -0.25) is 25.3 Å². The van der Waals surface area contributed by atoms with Crippen LogP contribution < -0.4 is 5.32 Å². The third-order valence-electron chi connectivity index (χ3n) is 3.84. The Hall–Kier alpha value is -3.64. The zero-order valence-electron chi connectivity index (χ0n) is 15.2. The number of carbonyl (C=O) groups excluding carboxylic acids is 1. The van der Waals surface area contributed by atoms with E-state index in [1.54, 1.807) is 12.1 Å². The first kappa shape index (κ1) is 19.7. The van der Waals surface area contributed by atoms with Gasteiger partial charge in [-0.05, 0) is 12.1 Å². The van der Waals surface area contributed by atoms with Crippen LogP contribution in [-0.2, 0) is 4.79 Å². The van der Waals surface area contributed by atoms with Gasteiger partial charge < -0.3 is 0 Å². The maximum absolute atomic E-state index is 12.2. The molecule has 4 aromatic rings. The van der Waals surface area contributed by atoms with Crippen molar-refractivity contribution in [1.29, 1.82) is 0 Å². The van der Waals surface area contributed by atoms with Gasteiger partial charge in [-0.2, -0.15) is 0 Å². The molecule has 0 aliphatic heterocycles. The first-order valence-corrected chi connectivity index (χ1v) is 10.4. The number of nitrogens with zero attached hydrogens (tertiary/aromatic N) is 5. The van der Waals surface area contributed by atoms with Crippen LogP contribution in [0.15, 0.2) is 59.8 Å². The molecule has 2 heterocycles. The van der Waals surface area contributed by atoms with E-state index in [0.29, 0.717) is 26.7 Å². The largest absolute Gasteiger partial charge is 0.300 e. The smallest absolute Gasteiger partial charge is 0.269 e. The number of non-ortho nitro benzene ring substituents is 1. The number of hydrogen-bond donors (Lipinski definition) is 2. The van der Waals surface area contributed by atoms with Gasteiger partial charge in [-0.15, -0.1) is 15.3 Å². The molecule has 0 unspecified atom stereocenters. The van der Waals surface area contributed by atoms with Crippen molar-refractivity contribution in [2.24, 2.45) is 0 Å². The summed E-state index contributed by atoms with van der Waals surface area (Å²) >= 11 is 2.38.